The average Bonchev–Trinajstić information content (AvgIpc) is 2.41. The molecule has 1 aromatic heterocycles. The van der Waals surface area contributed by atoms with Gasteiger partial charge < -0.3 is 15.3 Å². The van der Waals surface area contributed by atoms with E-state index in [-0.39, 0.29) is 12.0 Å². The third kappa shape index (κ3) is 3.48. The number of pyridine rings is 1. The minimum Gasteiger partial charge on any atom is -0.393 e. The highest BCUT2D eigenvalue weighted by molar-refractivity contribution is 6.37. The lowest BCUT2D eigenvalue weighted by Gasteiger charge is -2.35. The zero-order valence-corrected chi connectivity index (χ0v) is 13.4. The van der Waals surface area contributed by atoms with Crippen LogP contribution in [0.1, 0.15) is 26.7 Å². The first-order valence-corrected chi connectivity index (χ1v) is 7.81. The molecule has 20 heavy (non-hydrogen) atoms. The number of rotatable bonds is 4. The van der Waals surface area contributed by atoms with Crippen LogP contribution in [0.3, 0.4) is 0 Å². The van der Waals surface area contributed by atoms with E-state index in [1.807, 2.05) is 6.92 Å². The number of anilines is 2. The summed E-state index contributed by atoms with van der Waals surface area (Å²) in [5, 5.41) is 14.1. The third-order valence-corrected chi connectivity index (χ3v) is 4.18. The summed E-state index contributed by atoms with van der Waals surface area (Å²) in [6.45, 7) is 6.46. The van der Waals surface area contributed by atoms with Crippen molar-refractivity contribution in [2.45, 2.75) is 32.8 Å². The maximum Gasteiger partial charge on any atom is 0.149 e. The fourth-order valence-electron chi connectivity index (χ4n) is 2.37. The quantitative estimate of drug-likeness (QED) is 0.893. The van der Waals surface area contributed by atoms with E-state index < -0.39 is 0 Å². The molecular weight excluding hydrogens is 297 g/mol. The molecule has 0 amide bonds. The standard InChI is InChI=1S/C14H21Cl2N3O/c1-3-5-17-13-10(15)7-11(16)14(18-13)19-6-4-12(20)9(2)8-19/h7,9,12,20H,3-6,8H2,1-2H3,(H,17,18). The molecule has 6 heteroatoms. The summed E-state index contributed by atoms with van der Waals surface area (Å²) in [7, 11) is 0. The average molecular weight is 318 g/mol. The Morgan fingerprint density at radius 1 is 1.45 bits per heavy atom. The van der Waals surface area contributed by atoms with Gasteiger partial charge in [-0.05, 0) is 24.8 Å². The topological polar surface area (TPSA) is 48.4 Å². The second-order valence-corrected chi connectivity index (χ2v) is 6.14. The molecular formula is C14H21Cl2N3O. The summed E-state index contributed by atoms with van der Waals surface area (Å²) < 4.78 is 0. The minimum atomic E-state index is -0.241. The summed E-state index contributed by atoms with van der Waals surface area (Å²) in [6.07, 6.45) is 1.50. The van der Waals surface area contributed by atoms with Crippen LogP contribution in [-0.2, 0) is 0 Å². The van der Waals surface area contributed by atoms with Crippen molar-refractivity contribution in [1.82, 2.24) is 4.98 Å². The van der Waals surface area contributed by atoms with E-state index in [1.54, 1.807) is 6.07 Å². The molecule has 1 aliphatic rings. The zero-order chi connectivity index (χ0) is 14.7. The molecule has 2 rings (SSSR count). The highest BCUT2D eigenvalue weighted by Crippen LogP contribution is 2.33. The SMILES string of the molecule is CCCNc1nc(N2CCC(O)C(C)C2)c(Cl)cc1Cl. The molecule has 1 fully saturated rings. The first-order valence-electron chi connectivity index (χ1n) is 7.05. The van der Waals surface area contributed by atoms with Crippen molar-refractivity contribution in [2.75, 3.05) is 29.9 Å². The van der Waals surface area contributed by atoms with Crippen molar-refractivity contribution in [3.05, 3.63) is 16.1 Å². The van der Waals surface area contributed by atoms with Gasteiger partial charge in [-0.3, -0.25) is 0 Å². The van der Waals surface area contributed by atoms with Gasteiger partial charge in [0, 0.05) is 19.6 Å². The maximum atomic E-state index is 9.81. The predicted octanol–water partition coefficient (Wildman–Crippen LogP) is 3.42. The molecule has 0 spiro atoms. The van der Waals surface area contributed by atoms with Gasteiger partial charge in [-0.1, -0.05) is 37.0 Å². The van der Waals surface area contributed by atoms with Gasteiger partial charge in [0.05, 0.1) is 16.1 Å². The third-order valence-electron chi connectivity index (χ3n) is 3.61. The smallest absolute Gasteiger partial charge is 0.149 e. The van der Waals surface area contributed by atoms with Crippen LogP contribution in [0, 0.1) is 5.92 Å². The van der Waals surface area contributed by atoms with Gasteiger partial charge in [0.1, 0.15) is 11.6 Å². The number of hydrogen-bond acceptors (Lipinski definition) is 4. The van der Waals surface area contributed by atoms with Crippen LogP contribution in [0.15, 0.2) is 6.07 Å². The molecule has 0 aromatic carbocycles. The monoisotopic (exact) mass is 317 g/mol. The Balaban J connectivity index is 2.22. The van der Waals surface area contributed by atoms with Gasteiger partial charge in [0.15, 0.2) is 0 Å². The largest absolute Gasteiger partial charge is 0.393 e. The van der Waals surface area contributed by atoms with Crippen molar-refractivity contribution in [1.29, 1.82) is 0 Å². The number of halogens is 2. The molecule has 0 aliphatic carbocycles. The van der Waals surface area contributed by atoms with E-state index in [1.165, 1.54) is 0 Å². The Bertz CT molecular complexity index is 470. The van der Waals surface area contributed by atoms with E-state index in [9.17, 15) is 5.11 Å². The molecule has 112 valence electrons. The van der Waals surface area contributed by atoms with E-state index in [0.29, 0.717) is 15.9 Å². The lowest BCUT2D eigenvalue weighted by molar-refractivity contribution is 0.0969. The summed E-state index contributed by atoms with van der Waals surface area (Å²) in [5.74, 6) is 1.63. The minimum absolute atomic E-state index is 0.212. The second kappa shape index (κ2) is 6.83. The van der Waals surface area contributed by atoms with Crippen molar-refractivity contribution in [2.24, 2.45) is 5.92 Å². The van der Waals surface area contributed by atoms with Gasteiger partial charge in [0.25, 0.3) is 0 Å². The lowest BCUT2D eigenvalue weighted by atomic mass is 9.97. The summed E-state index contributed by atoms with van der Waals surface area (Å²) >= 11 is 12.4. The highest BCUT2D eigenvalue weighted by Gasteiger charge is 2.26. The number of aromatic nitrogens is 1. The molecule has 2 atom stereocenters. The van der Waals surface area contributed by atoms with Crippen LogP contribution >= 0.6 is 23.2 Å². The van der Waals surface area contributed by atoms with Crippen LogP contribution < -0.4 is 10.2 Å². The molecule has 1 aromatic rings. The molecule has 2 heterocycles. The predicted molar refractivity (Wildman–Crippen MR) is 85.0 cm³/mol. The van der Waals surface area contributed by atoms with Crippen LogP contribution in [0.25, 0.3) is 0 Å². The normalized spacial score (nSPS) is 22.9. The van der Waals surface area contributed by atoms with Gasteiger partial charge in [-0.15, -0.1) is 0 Å². The van der Waals surface area contributed by atoms with Crippen molar-refractivity contribution < 1.29 is 5.11 Å². The van der Waals surface area contributed by atoms with Crippen molar-refractivity contribution in [3.8, 4) is 0 Å². The van der Waals surface area contributed by atoms with E-state index >= 15 is 0 Å². The maximum absolute atomic E-state index is 9.81. The van der Waals surface area contributed by atoms with Crippen LogP contribution in [0.4, 0.5) is 11.6 Å². The van der Waals surface area contributed by atoms with E-state index in [2.05, 4.69) is 22.1 Å². The first kappa shape index (κ1) is 15.7. The molecule has 0 saturated carbocycles. The van der Waals surface area contributed by atoms with Gasteiger partial charge in [-0.25, -0.2) is 4.98 Å². The van der Waals surface area contributed by atoms with Gasteiger partial charge >= 0.3 is 0 Å². The van der Waals surface area contributed by atoms with E-state index in [0.717, 1.165) is 38.3 Å². The van der Waals surface area contributed by atoms with Crippen molar-refractivity contribution in [3.63, 3.8) is 0 Å². The van der Waals surface area contributed by atoms with Crippen LogP contribution in [0.5, 0.6) is 0 Å². The molecule has 0 bridgehead atoms. The Morgan fingerprint density at radius 3 is 2.85 bits per heavy atom. The Morgan fingerprint density at radius 2 is 2.20 bits per heavy atom. The van der Waals surface area contributed by atoms with Crippen LogP contribution in [-0.4, -0.2) is 35.8 Å². The molecule has 2 unspecified atom stereocenters. The van der Waals surface area contributed by atoms with Crippen LogP contribution in [0.2, 0.25) is 10.0 Å². The number of hydrogen-bond donors (Lipinski definition) is 2. The fraction of sp³-hybridized carbons (Fsp3) is 0.643. The number of nitrogens with one attached hydrogen (secondary N) is 1. The van der Waals surface area contributed by atoms with Gasteiger partial charge in [-0.2, -0.15) is 0 Å². The summed E-state index contributed by atoms with van der Waals surface area (Å²) in [4.78, 5) is 6.68. The summed E-state index contributed by atoms with van der Waals surface area (Å²) in [5.41, 5.74) is 0. The molecule has 1 saturated heterocycles. The molecule has 4 nitrogen and oxygen atoms in total. The zero-order valence-electron chi connectivity index (χ0n) is 11.9. The summed E-state index contributed by atoms with van der Waals surface area (Å²) in [6, 6.07) is 1.74. The Hall–Kier alpha value is -0.710. The Kier molecular flexibility index (Phi) is 5.35. The second-order valence-electron chi connectivity index (χ2n) is 5.33. The lowest BCUT2D eigenvalue weighted by Crippen LogP contribution is -2.42. The fourth-order valence-corrected chi connectivity index (χ4v) is 2.92. The van der Waals surface area contributed by atoms with Gasteiger partial charge in [0.2, 0.25) is 0 Å². The van der Waals surface area contributed by atoms with Crippen molar-refractivity contribution >= 4 is 34.8 Å². The number of piperidine rings is 1. The molecule has 1 aliphatic heterocycles. The van der Waals surface area contributed by atoms with E-state index in [4.69, 9.17) is 23.2 Å². The Labute approximate surface area is 130 Å². The first-order chi connectivity index (χ1) is 9.52. The number of aliphatic hydroxyl groups excluding tert-OH is 1. The molecule has 0 radical (unpaired) electrons. The number of aliphatic hydroxyl groups is 1. The number of nitrogens with zero attached hydrogens (tertiary/aromatic N) is 2. The highest BCUT2D eigenvalue weighted by atomic mass is 35.5. The molecule has 2 N–H and O–H groups in total.